The number of carbonyl (C=O) groups excluding carboxylic acids is 1. The number of carbonyl (C=O) groups is 1. The van der Waals surface area contributed by atoms with Gasteiger partial charge in [0.2, 0.25) is 5.91 Å². The molecule has 1 amide bonds. The Morgan fingerprint density at radius 2 is 2.23 bits per heavy atom. The van der Waals surface area contributed by atoms with Crippen LogP contribution in [0.1, 0.15) is 13.3 Å². The summed E-state index contributed by atoms with van der Waals surface area (Å²) < 4.78 is 16.0. The molecule has 0 bridgehead atoms. The molecule has 0 saturated carbocycles. The van der Waals surface area contributed by atoms with Crippen molar-refractivity contribution in [3.63, 3.8) is 0 Å². The van der Waals surface area contributed by atoms with Crippen molar-refractivity contribution in [1.82, 2.24) is 9.55 Å². The topological polar surface area (TPSA) is 64.0 Å². The van der Waals surface area contributed by atoms with Gasteiger partial charge in [-0.25, -0.2) is 9.37 Å². The van der Waals surface area contributed by atoms with Crippen LogP contribution in [0.15, 0.2) is 39.6 Å². The van der Waals surface area contributed by atoms with Gasteiger partial charge in [0.1, 0.15) is 10.5 Å². The Morgan fingerprint density at radius 1 is 1.42 bits per heavy atom. The fourth-order valence-corrected chi connectivity index (χ4v) is 4.12. The van der Waals surface area contributed by atoms with E-state index in [0.717, 1.165) is 24.2 Å². The van der Waals surface area contributed by atoms with Gasteiger partial charge in [-0.05, 0) is 36.1 Å². The lowest BCUT2D eigenvalue weighted by Gasteiger charge is -2.11. The van der Waals surface area contributed by atoms with Gasteiger partial charge in [-0.1, -0.05) is 30.3 Å². The largest absolute Gasteiger partial charge is 0.323 e. The standard InChI is InChI=1S/C17H15ClFN3O2S2/c1-2-6-22-16(24)15-13(5-7-25-15)21-17(22)26-9-14(23)20-12-4-3-10(18)8-11(12)19/h3-5,7-8H,2,6,9H2,1H3,(H,20,23). The quantitative estimate of drug-likeness (QED) is 0.482. The second-order valence-corrected chi connectivity index (χ2v) is 7.74. The van der Waals surface area contributed by atoms with Crippen LogP contribution in [-0.4, -0.2) is 21.2 Å². The van der Waals surface area contributed by atoms with Crippen molar-refractivity contribution in [3.05, 3.63) is 50.8 Å². The number of aromatic nitrogens is 2. The number of rotatable bonds is 6. The number of fused-ring (bicyclic) bond motifs is 1. The number of thiophene rings is 1. The number of nitrogens with zero attached hydrogens (tertiary/aromatic N) is 2. The Morgan fingerprint density at radius 3 is 2.96 bits per heavy atom. The monoisotopic (exact) mass is 411 g/mol. The first-order chi connectivity index (χ1) is 12.5. The molecule has 0 atom stereocenters. The van der Waals surface area contributed by atoms with Gasteiger partial charge >= 0.3 is 0 Å². The van der Waals surface area contributed by atoms with Gasteiger partial charge in [0.25, 0.3) is 5.56 Å². The van der Waals surface area contributed by atoms with Crippen LogP contribution in [0.25, 0.3) is 10.2 Å². The van der Waals surface area contributed by atoms with Gasteiger partial charge in [0, 0.05) is 11.6 Å². The smallest absolute Gasteiger partial charge is 0.272 e. The average Bonchev–Trinajstić information content (AvgIpc) is 3.07. The number of thioether (sulfide) groups is 1. The second-order valence-electron chi connectivity index (χ2n) is 5.45. The Labute approximate surface area is 162 Å². The number of amides is 1. The molecular formula is C17H15ClFN3O2S2. The van der Waals surface area contributed by atoms with Crippen molar-refractivity contribution >= 4 is 56.5 Å². The molecule has 0 saturated heterocycles. The van der Waals surface area contributed by atoms with Crippen molar-refractivity contribution in [1.29, 1.82) is 0 Å². The summed E-state index contributed by atoms with van der Waals surface area (Å²) in [7, 11) is 0. The van der Waals surface area contributed by atoms with Crippen LogP contribution in [0.5, 0.6) is 0 Å². The van der Waals surface area contributed by atoms with Crippen LogP contribution >= 0.6 is 34.7 Å². The summed E-state index contributed by atoms with van der Waals surface area (Å²) in [5.41, 5.74) is 0.588. The van der Waals surface area contributed by atoms with Gasteiger partial charge < -0.3 is 5.32 Å². The molecule has 3 rings (SSSR count). The highest BCUT2D eigenvalue weighted by Crippen LogP contribution is 2.22. The molecule has 3 aromatic rings. The third kappa shape index (κ3) is 4.08. The van der Waals surface area contributed by atoms with Crippen molar-refractivity contribution in [3.8, 4) is 0 Å². The zero-order valence-corrected chi connectivity index (χ0v) is 16.2. The summed E-state index contributed by atoms with van der Waals surface area (Å²) in [6, 6.07) is 5.82. The summed E-state index contributed by atoms with van der Waals surface area (Å²) in [5, 5.41) is 5.06. The second kappa shape index (κ2) is 8.20. The molecule has 2 heterocycles. The van der Waals surface area contributed by atoms with E-state index in [-0.39, 0.29) is 27.9 Å². The van der Waals surface area contributed by atoms with Gasteiger partial charge in [-0.2, -0.15) is 0 Å². The zero-order valence-electron chi connectivity index (χ0n) is 13.8. The molecule has 1 N–H and O–H groups in total. The molecule has 136 valence electrons. The number of anilines is 1. The number of nitrogens with one attached hydrogen (secondary N) is 1. The summed E-state index contributed by atoms with van der Waals surface area (Å²) in [4.78, 5) is 29.2. The molecule has 9 heteroatoms. The summed E-state index contributed by atoms with van der Waals surface area (Å²) in [5.74, 6) is -0.982. The summed E-state index contributed by atoms with van der Waals surface area (Å²) in [6.45, 7) is 2.49. The minimum atomic E-state index is -0.600. The highest BCUT2D eigenvalue weighted by Gasteiger charge is 2.14. The predicted octanol–water partition coefficient (Wildman–Crippen LogP) is 4.39. The Hall–Kier alpha value is -1.90. The van der Waals surface area contributed by atoms with Crippen molar-refractivity contribution in [2.45, 2.75) is 25.0 Å². The Kier molecular flexibility index (Phi) is 5.95. The molecule has 0 unspecified atom stereocenters. The fraction of sp³-hybridized carbons (Fsp3) is 0.235. The third-order valence-corrected chi connectivity index (χ3v) is 5.62. The molecule has 0 radical (unpaired) electrons. The van der Waals surface area contributed by atoms with E-state index in [9.17, 15) is 14.0 Å². The van der Waals surface area contributed by atoms with E-state index in [1.807, 2.05) is 12.3 Å². The lowest BCUT2D eigenvalue weighted by molar-refractivity contribution is -0.113. The Balaban J connectivity index is 1.77. The van der Waals surface area contributed by atoms with Crippen LogP contribution in [0.2, 0.25) is 5.02 Å². The van der Waals surface area contributed by atoms with Crippen LogP contribution in [0, 0.1) is 5.82 Å². The molecule has 26 heavy (non-hydrogen) atoms. The van der Waals surface area contributed by atoms with Crippen LogP contribution < -0.4 is 10.9 Å². The number of hydrogen-bond donors (Lipinski definition) is 1. The van der Waals surface area contributed by atoms with Crippen LogP contribution in [0.3, 0.4) is 0 Å². The number of halogens is 2. The van der Waals surface area contributed by atoms with E-state index in [4.69, 9.17) is 11.6 Å². The Bertz CT molecular complexity index is 1020. The summed E-state index contributed by atoms with van der Waals surface area (Å²) >= 11 is 8.20. The minimum Gasteiger partial charge on any atom is -0.323 e. The van der Waals surface area contributed by atoms with Gasteiger partial charge in [-0.3, -0.25) is 14.2 Å². The number of benzene rings is 1. The van der Waals surface area contributed by atoms with E-state index in [0.29, 0.717) is 21.9 Å². The van der Waals surface area contributed by atoms with E-state index in [1.165, 1.54) is 23.5 Å². The number of hydrogen-bond acceptors (Lipinski definition) is 5. The SMILES string of the molecule is CCCn1c(SCC(=O)Nc2ccc(Cl)cc2F)nc2ccsc2c1=O. The molecule has 0 aliphatic carbocycles. The van der Waals surface area contributed by atoms with E-state index in [1.54, 1.807) is 10.6 Å². The summed E-state index contributed by atoms with van der Waals surface area (Å²) in [6.07, 6.45) is 0.772. The normalized spacial score (nSPS) is 11.0. The predicted molar refractivity (Wildman–Crippen MR) is 105 cm³/mol. The maximum Gasteiger partial charge on any atom is 0.272 e. The van der Waals surface area contributed by atoms with Crippen molar-refractivity contribution in [2.75, 3.05) is 11.1 Å². The van der Waals surface area contributed by atoms with Gasteiger partial charge in [0.05, 0.1) is 17.0 Å². The average molecular weight is 412 g/mol. The third-order valence-electron chi connectivity index (χ3n) is 3.52. The molecule has 0 spiro atoms. The molecule has 1 aromatic carbocycles. The minimum absolute atomic E-state index is 0.00780. The lowest BCUT2D eigenvalue weighted by atomic mass is 10.3. The maximum atomic E-state index is 13.8. The highest BCUT2D eigenvalue weighted by atomic mass is 35.5. The highest BCUT2D eigenvalue weighted by molar-refractivity contribution is 7.99. The molecule has 2 aromatic heterocycles. The lowest BCUT2D eigenvalue weighted by Crippen LogP contribution is -2.23. The first-order valence-corrected chi connectivity index (χ1v) is 10.1. The first-order valence-electron chi connectivity index (χ1n) is 7.85. The molecule has 5 nitrogen and oxygen atoms in total. The zero-order chi connectivity index (χ0) is 18.7. The van der Waals surface area contributed by atoms with Crippen molar-refractivity contribution < 1.29 is 9.18 Å². The van der Waals surface area contributed by atoms with E-state index < -0.39 is 5.82 Å². The first kappa shape index (κ1) is 18.9. The van der Waals surface area contributed by atoms with E-state index >= 15 is 0 Å². The van der Waals surface area contributed by atoms with E-state index in [2.05, 4.69) is 10.3 Å². The van der Waals surface area contributed by atoms with Gasteiger partial charge in [0.15, 0.2) is 5.16 Å². The maximum absolute atomic E-state index is 13.8. The van der Waals surface area contributed by atoms with Gasteiger partial charge in [-0.15, -0.1) is 11.3 Å². The molecule has 0 aliphatic heterocycles. The van der Waals surface area contributed by atoms with Crippen molar-refractivity contribution in [2.24, 2.45) is 0 Å². The van der Waals surface area contributed by atoms with Crippen LogP contribution in [-0.2, 0) is 11.3 Å². The molecule has 0 fully saturated rings. The molecule has 0 aliphatic rings. The molecular weight excluding hydrogens is 397 g/mol. The van der Waals surface area contributed by atoms with Crippen LogP contribution in [0.4, 0.5) is 10.1 Å². The fourth-order valence-electron chi connectivity index (χ4n) is 2.36.